The van der Waals surface area contributed by atoms with Crippen molar-refractivity contribution in [3.8, 4) is 0 Å². The third-order valence-corrected chi connectivity index (χ3v) is 2.94. The van der Waals surface area contributed by atoms with Crippen LogP contribution in [0.4, 0.5) is 11.5 Å². The summed E-state index contributed by atoms with van der Waals surface area (Å²) in [6, 6.07) is 9.52. The van der Waals surface area contributed by atoms with E-state index in [9.17, 15) is 0 Å². The summed E-state index contributed by atoms with van der Waals surface area (Å²) in [4.78, 5) is 4.30. The molecule has 0 spiro atoms. The van der Waals surface area contributed by atoms with Crippen LogP contribution in [0.1, 0.15) is 5.56 Å². The topological polar surface area (TPSA) is 24.9 Å². The Morgan fingerprint density at radius 2 is 1.94 bits per heavy atom. The van der Waals surface area contributed by atoms with Gasteiger partial charge in [-0.15, -0.1) is 0 Å². The van der Waals surface area contributed by atoms with Gasteiger partial charge in [0.2, 0.25) is 0 Å². The minimum atomic E-state index is 0.724. The number of hydrogen-bond donors (Lipinski definition) is 1. The Morgan fingerprint density at radius 3 is 2.56 bits per heavy atom. The van der Waals surface area contributed by atoms with Gasteiger partial charge in [-0.25, -0.2) is 4.98 Å². The van der Waals surface area contributed by atoms with Gasteiger partial charge >= 0.3 is 0 Å². The number of pyridine rings is 1. The van der Waals surface area contributed by atoms with Crippen molar-refractivity contribution in [2.75, 3.05) is 5.32 Å². The van der Waals surface area contributed by atoms with Gasteiger partial charge in [0.05, 0.1) is 4.47 Å². The first kappa shape index (κ1) is 11.4. The zero-order valence-corrected chi connectivity index (χ0v) is 11.0. The van der Waals surface area contributed by atoms with Crippen LogP contribution in [-0.4, -0.2) is 4.98 Å². The Hall–Kier alpha value is -1.06. The molecule has 0 atom stereocenters. The molecule has 2 aromatic rings. The van der Waals surface area contributed by atoms with E-state index in [-0.39, 0.29) is 0 Å². The number of anilines is 2. The summed E-state index contributed by atoms with van der Waals surface area (Å²) < 4.78 is 0.947. The van der Waals surface area contributed by atoms with Crippen molar-refractivity contribution < 1.29 is 0 Å². The summed E-state index contributed by atoms with van der Waals surface area (Å²) in [7, 11) is 0. The van der Waals surface area contributed by atoms with Gasteiger partial charge in [0, 0.05) is 16.9 Å². The van der Waals surface area contributed by atoms with Gasteiger partial charge in [-0.05, 0) is 58.7 Å². The highest BCUT2D eigenvalue weighted by Crippen LogP contribution is 2.24. The lowest BCUT2D eigenvalue weighted by molar-refractivity contribution is 1.24. The van der Waals surface area contributed by atoms with Crippen LogP contribution in [0.25, 0.3) is 0 Å². The molecule has 0 amide bonds. The first-order chi connectivity index (χ1) is 7.65. The molecule has 0 radical (unpaired) electrons. The molecule has 2 nitrogen and oxygen atoms in total. The molecule has 0 saturated carbocycles. The Kier molecular flexibility index (Phi) is 3.46. The quantitative estimate of drug-likeness (QED) is 0.879. The number of nitrogens with zero attached hydrogens (tertiary/aromatic N) is 1. The van der Waals surface area contributed by atoms with Crippen molar-refractivity contribution in [1.82, 2.24) is 4.98 Å². The first-order valence-corrected chi connectivity index (χ1v) is 5.97. The van der Waals surface area contributed by atoms with E-state index in [1.165, 1.54) is 0 Å². The van der Waals surface area contributed by atoms with Crippen LogP contribution in [0.2, 0.25) is 5.02 Å². The van der Waals surface area contributed by atoms with Crippen LogP contribution in [0, 0.1) is 6.92 Å². The van der Waals surface area contributed by atoms with Gasteiger partial charge in [0.15, 0.2) is 0 Å². The summed E-state index contributed by atoms with van der Waals surface area (Å²) in [5.41, 5.74) is 2.08. The molecule has 0 fully saturated rings. The van der Waals surface area contributed by atoms with E-state index in [0.29, 0.717) is 0 Å². The number of halogens is 2. The van der Waals surface area contributed by atoms with E-state index < -0.39 is 0 Å². The summed E-state index contributed by atoms with van der Waals surface area (Å²) in [5, 5.41) is 3.93. The van der Waals surface area contributed by atoms with E-state index in [1.54, 1.807) is 0 Å². The molecular weight excluding hydrogens is 288 g/mol. The van der Waals surface area contributed by atoms with Gasteiger partial charge in [-0.3, -0.25) is 0 Å². The molecule has 1 aromatic heterocycles. The maximum atomic E-state index is 5.81. The van der Waals surface area contributed by atoms with Crippen molar-refractivity contribution in [1.29, 1.82) is 0 Å². The summed E-state index contributed by atoms with van der Waals surface area (Å²) in [6.45, 7) is 2.00. The van der Waals surface area contributed by atoms with E-state index in [4.69, 9.17) is 11.6 Å². The third kappa shape index (κ3) is 2.74. The molecule has 0 bridgehead atoms. The Bertz CT molecular complexity index is 497. The lowest BCUT2D eigenvalue weighted by Gasteiger charge is -2.07. The minimum Gasteiger partial charge on any atom is -0.339 e. The highest BCUT2D eigenvalue weighted by molar-refractivity contribution is 9.10. The molecule has 1 heterocycles. The maximum absolute atomic E-state index is 5.81. The van der Waals surface area contributed by atoms with Crippen molar-refractivity contribution >= 4 is 39.0 Å². The molecule has 0 aliphatic carbocycles. The predicted octanol–water partition coefficient (Wildman–Crippen LogP) is 4.55. The van der Waals surface area contributed by atoms with Crippen LogP contribution in [0.5, 0.6) is 0 Å². The standard InChI is InChI=1S/C12H10BrClN2/c1-8-6-11(13)12(15-7-8)16-10-4-2-9(14)3-5-10/h2-7H,1H3,(H,15,16). The average Bonchev–Trinajstić information content (AvgIpc) is 2.25. The molecular formula is C12H10BrClN2. The van der Waals surface area contributed by atoms with Gasteiger partial charge in [-0.2, -0.15) is 0 Å². The lowest BCUT2D eigenvalue weighted by atomic mass is 10.3. The number of rotatable bonds is 2. The largest absolute Gasteiger partial charge is 0.339 e. The molecule has 16 heavy (non-hydrogen) atoms. The molecule has 0 saturated heterocycles. The van der Waals surface area contributed by atoms with E-state index >= 15 is 0 Å². The molecule has 4 heteroatoms. The number of hydrogen-bond acceptors (Lipinski definition) is 2. The fourth-order valence-corrected chi connectivity index (χ4v) is 1.98. The molecule has 2 rings (SSSR count). The van der Waals surface area contributed by atoms with Crippen LogP contribution in [0.3, 0.4) is 0 Å². The highest BCUT2D eigenvalue weighted by Gasteiger charge is 2.01. The zero-order chi connectivity index (χ0) is 11.5. The second kappa shape index (κ2) is 4.85. The van der Waals surface area contributed by atoms with Gasteiger partial charge in [0.25, 0.3) is 0 Å². The normalized spacial score (nSPS) is 10.2. The fraction of sp³-hybridized carbons (Fsp3) is 0.0833. The highest BCUT2D eigenvalue weighted by atomic mass is 79.9. The smallest absolute Gasteiger partial charge is 0.144 e. The van der Waals surface area contributed by atoms with Crippen LogP contribution in [-0.2, 0) is 0 Å². The van der Waals surface area contributed by atoms with Gasteiger partial charge in [-0.1, -0.05) is 11.6 Å². The number of aromatic nitrogens is 1. The molecule has 0 aliphatic heterocycles. The zero-order valence-electron chi connectivity index (χ0n) is 8.67. The maximum Gasteiger partial charge on any atom is 0.144 e. The fourth-order valence-electron chi connectivity index (χ4n) is 1.30. The Labute approximate surface area is 108 Å². The molecule has 0 unspecified atom stereocenters. The summed E-state index contributed by atoms with van der Waals surface area (Å²) in [5.74, 6) is 0.799. The monoisotopic (exact) mass is 296 g/mol. The van der Waals surface area contributed by atoms with Crippen molar-refractivity contribution in [3.05, 3.63) is 51.6 Å². The summed E-state index contributed by atoms with van der Waals surface area (Å²) >= 11 is 9.28. The third-order valence-electron chi connectivity index (χ3n) is 2.08. The average molecular weight is 298 g/mol. The van der Waals surface area contributed by atoms with Crippen LogP contribution in [0.15, 0.2) is 41.0 Å². The molecule has 82 valence electrons. The summed E-state index contributed by atoms with van der Waals surface area (Å²) in [6.07, 6.45) is 1.82. The molecule has 1 N–H and O–H groups in total. The van der Waals surface area contributed by atoms with Crippen molar-refractivity contribution in [2.45, 2.75) is 6.92 Å². The number of aryl methyl sites for hydroxylation is 1. The van der Waals surface area contributed by atoms with Crippen molar-refractivity contribution in [3.63, 3.8) is 0 Å². The SMILES string of the molecule is Cc1cnc(Nc2ccc(Cl)cc2)c(Br)c1. The number of benzene rings is 1. The predicted molar refractivity (Wildman–Crippen MR) is 71.4 cm³/mol. The molecule has 0 aliphatic rings. The second-order valence-electron chi connectivity index (χ2n) is 3.47. The first-order valence-electron chi connectivity index (χ1n) is 4.80. The van der Waals surface area contributed by atoms with Crippen LogP contribution < -0.4 is 5.32 Å². The van der Waals surface area contributed by atoms with Gasteiger partial charge in [0.1, 0.15) is 5.82 Å². The van der Waals surface area contributed by atoms with E-state index in [0.717, 1.165) is 26.6 Å². The van der Waals surface area contributed by atoms with Crippen LogP contribution >= 0.6 is 27.5 Å². The Balaban J connectivity index is 2.23. The second-order valence-corrected chi connectivity index (χ2v) is 4.77. The van der Waals surface area contributed by atoms with E-state index in [1.807, 2.05) is 43.5 Å². The van der Waals surface area contributed by atoms with Gasteiger partial charge < -0.3 is 5.32 Å². The van der Waals surface area contributed by atoms with E-state index in [2.05, 4.69) is 26.2 Å². The lowest BCUT2D eigenvalue weighted by Crippen LogP contribution is -1.94. The minimum absolute atomic E-state index is 0.724. The molecule has 1 aromatic carbocycles. The van der Waals surface area contributed by atoms with Crippen molar-refractivity contribution in [2.24, 2.45) is 0 Å². The Morgan fingerprint density at radius 1 is 1.25 bits per heavy atom. The number of nitrogens with one attached hydrogen (secondary N) is 1.